The van der Waals surface area contributed by atoms with Gasteiger partial charge in [-0.25, -0.2) is 0 Å². The quantitative estimate of drug-likeness (QED) is 0.255. The molecule has 3 nitrogen and oxygen atoms in total. The van der Waals surface area contributed by atoms with Gasteiger partial charge in [-0.15, -0.1) is 0 Å². The summed E-state index contributed by atoms with van der Waals surface area (Å²) < 4.78 is 11.2. The van der Waals surface area contributed by atoms with Crippen molar-refractivity contribution in [2.45, 2.75) is 32.6 Å². The molecular weight excluding hydrogens is 331 g/mol. The zero-order valence-corrected chi connectivity index (χ0v) is 12.0. The van der Waals surface area contributed by atoms with E-state index in [1.165, 1.54) is 17.5 Å². The summed E-state index contributed by atoms with van der Waals surface area (Å²) in [6, 6.07) is 5.86. The first-order valence-electron chi connectivity index (χ1n) is 5.89. The molecule has 0 aliphatic heterocycles. The van der Waals surface area contributed by atoms with Crippen molar-refractivity contribution in [3.63, 3.8) is 0 Å². The standard InChI is InChI=1S/C13H16IO3/c1-2-8-14-17-13(15)16-12-7-6-10-4-3-5-11(10)9-12/h6-7,9H,2-5,8H2,1H3/q-1. The number of carbonyl (C=O) groups excluding carboxylic acids is 1. The Balaban J connectivity index is 1.88. The summed E-state index contributed by atoms with van der Waals surface area (Å²) in [4.78, 5) is 11.4. The van der Waals surface area contributed by atoms with E-state index < -0.39 is 27.8 Å². The van der Waals surface area contributed by atoms with Gasteiger partial charge in [-0.3, -0.25) is 0 Å². The Hall–Kier alpha value is -0.780. The van der Waals surface area contributed by atoms with Crippen molar-refractivity contribution < 1.29 is 34.2 Å². The number of hydrogen-bond acceptors (Lipinski definition) is 3. The maximum absolute atomic E-state index is 11.4. The molecule has 0 N–H and O–H groups in total. The van der Waals surface area contributed by atoms with Gasteiger partial charge in [-0.2, -0.15) is 0 Å². The summed E-state index contributed by atoms with van der Waals surface area (Å²) in [7, 11) is 0. The number of carbonyl (C=O) groups is 1. The molecule has 1 aliphatic carbocycles. The van der Waals surface area contributed by atoms with Crippen LogP contribution in [0, 0.1) is 0 Å². The van der Waals surface area contributed by atoms with Gasteiger partial charge in [0.2, 0.25) is 0 Å². The fraction of sp³-hybridized carbons (Fsp3) is 0.462. The molecule has 0 unspecified atom stereocenters. The van der Waals surface area contributed by atoms with E-state index in [9.17, 15) is 4.79 Å². The van der Waals surface area contributed by atoms with E-state index in [4.69, 9.17) is 7.80 Å². The van der Waals surface area contributed by atoms with Crippen LogP contribution in [0.4, 0.5) is 4.79 Å². The third-order valence-corrected chi connectivity index (χ3v) is 4.84. The van der Waals surface area contributed by atoms with Crippen molar-refractivity contribution in [1.82, 2.24) is 0 Å². The van der Waals surface area contributed by atoms with Crippen LogP contribution in [0.1, 0.15) is 30.9 Å². The minimum atomic E-state index is -0.552. The molecule has 1 aromatic carbocycles. The topological polar surface area (TPSA) is 35.5 Å². The molecule has 1 aliphatic rings. The Kier molecular flexibility index (Phi) is 4.65. The minimum absolute atomic E-state index is 0.494. The average Bonchev–Trinajstić information content (AvgIpc) is 2.76. The summed E-state index contributed by atoms with van der Waals surface area (Å²) in [5.41, 5.74) is 2.68. The third kappa shape index (κ3) is 3.59. The number of fused-ring (bicyclic) bond motifs is 1. The van der Waals surface area contributed by atoms with E-state index >= 15 is 0 Å². The van der Waals surface area contributed by atoms with Crippen molar-refractivity contribution in [3.05, 3.63) is 29.3 Å². The Morgan fingerprint density at radius 2 is 2.18 bits per heavy atom. The zero-order chi connectivity index (χ0) is 12.1. The molecule has 17 heavy (non-hydrogen) atoms. The van der Waals surface area contributed by atoms with E-state index in [0.29, 0.717) is 5.75 Å². The predicted octanol–water partition coefficient (Wildman–Crippen LogP) is 0.105. The molecular formula is C13H16IO3-. The first-order chi connectivity index (χ1) is 8.29. The average molecular weight is 347 g/mol. The van der Waals surface area contributed by atoms with Crippen LogP contribution < -0.4 is 26.4 Å². The summed E-state index contributed by atoms with van der Waals surface area (Å²) in [6.07, 6.45) is 3.93. The van der Waals surface area contributed by atoms with Gasteiger partial charge >= 0.3 is 112 Å². The molecule has 0 atom stereocenters. The second-order valence-electron chi connectivity index (χ2n) is 4.01. The van der Waals surface area contributed by atoms with Crippen LogP contribution in [0.3, 0.4) is 0 Å². The van der Waals surface area contributed by atoms with Gasteiger partial charge in [0.05, 0.1) is 0 Å². The number of alkyl halides is 1. The van der Waals surface area contributed by atoms with Crippen molar-refractivity contribution in [1.29, 1.82) is 0 Å². The summed E-state index contributed by atoms with van der Waals surface area (Å²) in [6.45, 7) is 2.08. The van der Waals surface area contributed by atoms with Crippen LogP contribution >= 0.6 is 0 Å². The van der Waals surface area contributed by atoms with Gasteiger partial charge in [0.25, 0.3) is 0 Å². The zero-order valence-electron chi connectivity index (χ0n) is 9.87. The molecule has 4 heteroatoms. The second kappa shape index (κ2) is 6.23. The Morgan fingerprint density at radius 1 is 1.35 bits per heavy atom. The molecule has 2 rings (SSSR count). The van der Waals surface area contributed by atoms with E-state index in [1.54, 1.807) is 0 Å². The van der Waals surface area contributed by atoms with Crippen LogP contribution in [0.15, 0.2) is 18.2 Å². The Bertz CT molecular complexity index is 404. The number of halogens is 1. The first kappa shape index (κ1) is 12.7. The maximum atomic E-state index is 11.4. The van der Waals surface area contributed by atoms with Crippen LogP contribution in [-0.4, -0.2) is 10.6 Å². The van der Waals surface area contributed by atoms with E-state index in [0.717, 1.165) is 23.7 Å². The van der Waals surface area contributed by atoms with Crippen molar-refractivity contribution >= 4 is 6.16 Å². The van der Waals surface area contributed by atoms with Gasteiger partial charge in [-0.1, -0.05) is 0 Å². The number of benzene rings is 1. The predicted molar refractivity (Wildman–Crippen MR) is 60.7 cm³/mol. The van der Waals surface area contributed by atoms with E-state index in [-0.39, 0.29) is 0 Å². The van der Waals surface area contributed by atoms with Crippen molar-refractivity contribution in [2.75, 3.05) is 4.43 Å². The number of aryl methyl sites for hydroxylation is 2. The van der Waals surface area contributed by atoms with Gasteiger partial charge < -0.3 is 0 Å². The van der Waals surface area contributed by atoms with Crippen LogP contribution in [0.5, 0.6) is 5.75 Å². The third-order valence-electron chi connectivity index (χ3n) is 2.65. The van der Waals surface area contributed by atoms with Crippen LogP contribution in [0.2, 0.25) is 0 Å². The monoisotopic (exact) mass is 347 g/mol. The molecule has 94 valence electrons. The fourth-order valence-corrected chi connectivity index (χ4v) is 2.89. The molecule has 0 heterocycles. The molecule has 0 amide bonds. The summed E-state index contributed by atoms with van der Waals surface area (Å²) >= 11 is -0.494. The van der Waals surface area contributed by atoms with E-state index in [1.807, 2.05) is 18.2 Å². The van der Waals surface area contributed by atoms with E-state index in [2.05, 4.69) is 6.92 Å². The Labute approximate surface area is 112 Å². The molecule has 0 radical (unpaired) electrons. The molecule has 0 aromatic heterocycles. The Morgan fingerprint density at radius 3 is 3.00 bits per heavy atom. The normalized spacial score (nSPS) is 13.5. The SMILES string of the molecule is CCC[I-]OC(=O)Oc1ccc2c(c1)CCC2. The number of rotatable bonds is 4. The van der Waals surface area contributed by atoms with Gasteiger partial charge in [0.1, 0.15) is 0 Å². The molecule has 0 spiro atoms. The summed E-state index contributed by atoms with van der Waals surface area (Å²) in [5.74, 6) is 0.608. The van der Waals surface area contributed by atoms with Gasteiger partial charge in [-0.05, 0) is 0 Å². The second-order valence-corrected chi connectivity index (χ2v) is 6.15. The molecule has 0 fully saturated rings. The van der Waals surface area contributed by atoms with Crippen molar-refractivity contribution in [3.8, 4) is 5.75 Å². The van der Waals surface area contributed by atoms with Crippen molar-refractivity contribution in [2.24, 2.45) is 0 Å². The summed E-state index contributed by atoms with van der Waals surface area (Å²) in [5, 5.41) is 0. The molecule has 0 saturated carbocycles. The number of ether oxygens (including phenoxy) is 1. The molecule has 0 saturated heterocycles. The molecule has 1 aromatic rings. The molecule has 0 bridgehead atoms. The van der Waals surface area contributed by atoms with Crippen LogP contribution in [0.25, 0.3) is 0 Å². The fourth-order valence-electron chi connectivity index (χ4n) is 1.88. The van der Waals surface area contributed by atoms with Crippen LogP contribution in [-0.2, 0) is 15.9 Å². The van der Waals surface area contributed by atoms with Gasteiger partial charge in [0, 0.05) is 0 Å². The van der Waals surface area contributed by atoms with Gasteiger partial charge in [0.15, 0.2) is 0 Å². The number of hydrogen-bond donors (Lipinski definition) is 0. The first-order valence-corrected chi connectivity index (χ1v) is 8.30.